The topological polar surface area (TPSA) is 75.6 Å². The lowest BCUT2D eigenvalue weighted by Gasteiger charge is -2.24. The zero-order chi connectivity index (χ0) is 16.9. The smallest absolute Gasteiger partial charge is 0.244 e. The number of ether oxygens (including phenoxy) is 1. The summed E-state index contributed by atoms with van der Waals surface area (Å²) in [7, 11) is -3.79. The molecule has 2 N–H and O–H groups in total. The van der Waals surface area contributed by atoms with Gasteiger partial charge in [-0.1, -0.05) is 42.5 Å². The first-order chi connectivity index (χ1) is 10.9. The van der Waals surface area contributed by atoms with E-state index in [2.05, 4.69) is 4.72 Å². The van der Waals surface area contributed by atoms with E-state index in [9.17, 15) is 13.5 Å². The normalized spacial score (nSPS) is 14.2. The standard InChI is InChI=1S/C17H21NO4S/c1-3-22-15-11-7-8-12-16(15)23(20,21)18-13-17(2,19)14-9-5-4-6-10-14/h4-12,18-19H,3,13H2,1-2H3. The zero-order valence-corrected chi connectivity index (χ0v) is 14.0. The van der Waals surface area contributed by atoms with Gasteiger partial charge in [-0.05, 0) is 31.5 Å². The van der Waals surface area contributed by atoms with E-state index in [0.717, 1.165) is 0 Å². The van der Waals surface area contributed by atoms with E-state index in [0.29, 0.717) is 17.9 Å². The van der Waals surface area contributed by atoms with Crippen LogP contribution in [0.1, 0.15) is 19.4 Å². The van der Waals surface area contributed by atoms with Crippen molar-refractivity contribution in [1.82, 2.24) is 4.72 Å². The highest BCUT2D eigenvalue weighted by Gasteiger charge is 2.27. The molecule has 0 heterocycles. The number of sulfonamides is 1. The highest BCUT2D eigenvalue weighted by molar-refractivity contribution is 7.89. The summed E-state index contributed by atoms with van der Waals surface area (Å²) in [5.74, 6) is 0.293. The monoisotopic (exact) mass is 335 g/mol. The van der Waals surface area contributed by atoms with Crippen LogP contribution in [0.5, 0.6) is 5.75 Å². The minimum atomic E-state index is -3.79. The Morgan fingerprint density at radius 2 is 1.70 bits per heavy atom. The quantitative estimate of drug-likeness (QED) is 0.814. The van der Waals surface area contributed by atoms with Gasteiger partial charge in [-0.3, -0.25) is 0 Å². The van der Waals surface area contributed by atoms with Crippen molar-refractivity contribution in [2.24, 2.45) is 0 Å². The fourth-order valence-electron chi connectivity index (χ4n) is 2.16. The molecule has 0 aliphatic carbocycles. The van der Waals surface area contributed by atoms with Crippen molar-refractivity contribution in [1.29, 1.82) is 0 Å². The third-order valence-corrected chi connectivity index (χ3v) is 4.88. The van der Waals surface area contributed by atoms with Gasteiger partial charge >= 0.3 is 0 Å². The molecule has 0 amide bonds. The molecule has 0 saturated carbocycles. The molecule has 0 aliphatic rings. The number of aliphatic hydroxyl groups is 1. The second-order valence-corrected chi connectivity index (χ2v) is 7.08. The zero-order valence-electron chi connectivity index (χ0n) is 13.2. The third-order valence-electron chi connectivity index (χ3n) is 3.44. The predicted octanol–water partition coefficient (Wildman–Crippen LogP) is 2.27. The Kier molecular flexibility index (Phi) is 5.41. The van der Waals surface area contributed by atoms with Crippen molar-refractivity contribution in [3.63, 3.8) is 0 Å². The number of benzene rings is 2. The van der Waals surface area contributed by atoms with Gasteiger partial charge in [0.2, 0.25) is 10.0 Å². The first kappa shape index (κ1) is 17.5. The van der Waals surface area contributed by atoms with E-state index in [1.165, 1.54) is 6.07 Å². The lowest BCUT2D eigenvalue weighted by Crippen LogP contribution is -2.38. The molecule has 0 saturated heterocycles. The Balaban J connectivity index is 2.19. The van der Waals surface area contributed by atoms with Gasteiger partial charge in [0.25, 0.3) is 0 Å². The molecule has 0 aliphatic heterocycles. The highest BCUT2D eigenvalue weighted by atomic mass is 32.2. The molecule has 5 nitrogen and oxygen atoms in total. The number of hydrogen-bond donors (Lipinski definition) is 2. The molecule has 1 unspecified atom stereocenters. The van der Waals surface area contributed by atoms with Crippen LogP contribution in [0.2, 0.25) is 0 Å². The Labute approximate surface area is 137 Å². The van der Waals surface area contributed by atoms with E-state index >= 15 is 0 Å². The molecule has 0 bridgehead atoms. The Hall–Kier alpha value is -1.89. The molecule has 0 fully saturated rings. The van der Waals surface area contributed by atoms with E-state index in [1.54, 1.807) is 56.3 Å². The van der Waals surface area contributed by atoms with Gasteiger partial charge in [-0.15, -0.1) is 0 Å². The van der Waals surface area contributed by atoms with Gasteiger partial charge in [0.05, 0.1) is 6.61 Å². The fourth-order valence-corrected chi connectivity index (χ4v) is 3.44. The van der Waals surface area contributed by atoms with Crippen LogP contribution < -0.4 is 9.46 Å². The summed E-state index contributed by atoms with van der Waals surface area (Å²) < 4.78 is 32.8. The van der Waals surface area contributed by atoms with Crippen molar-refractivity contribution in [2.75, 3.05) is 13.2 Å². The van der Waals surface area contributed by atoms with Crippen molar-refractivity contribution in [2.45, 2.75) is 24.3 Å². The molecule has 0 spiro atoms. The lowest BCUT2D eigenvalue weighted by molar-refractivity contribution is 0.0627. The molecular weight excluding hydrogens is 314 g/mol. The average Bonchev–Trinajstić information content (AvgIpc) is 2.55. The van der Waals surface area contributed by atoms with E-state index in [-0.39, 0.29) is 11.4 Å². The molecule has 0 radical (unpaired) electrons. The van der Waals surface area contributed by atoms with Crippen molar-refractivity contribution >= 4 is 10.0 Å². The number of rotatable bonds is 7. The summed E-state index contributed by atoms with van der Waals surface area (Å²) in [6, 6.07) is 15.4. The van der Waals surface area contributed by atoms with Crippen molar-refractivity contribution in [3.05, 3.63) is 60.2 Å². The predicted molar refractivity (Wildman–Crippen MR) is 88.8 cm³/mol. The summed E-state index contributed by atoms with van der Waals surface area (Å²) in [5, 5.41) is 10.5. The second-order valence-electron chi connectivity index (χ2n) is 5.34. The number of para-hydroxylation sites is 1. The summed E-state index contributed by atoms with van der Waals surface area (Å²) >= 11 is 0. The molecular formula is C17H21NO4S. The third kappa shape index (κ3) is 4.31. The van der Waals surface area contributed by atoms with Crippen LogP contribution in [0.25, 0.3) is 0 Å². The van der Waals surface area contributed by atoms with Crippen LogP contribution in [0.3, 0.4) is 0 Å². The first-order valence-electron chi connectivity index (χ1n) is 7.36. The number of nitrogens with one attached hydrogen (secondary N) is 1. The van der Waals surface area contributed by atoms with E-state index in [1.807, 2.05) is 6.07 Å². The lowest BCUT2D eigenvalue weighted by atomic mass is 9.97. The summed E-state index contributed by atoms with van der Waals surface area (Å²) in [6.07, 6.45) is 0. The average molecular weight is 335 g/mol. The van der Waals surface area contributed by atoms with Crippen LogP contribution in [0.15, 0.2) is 59.5 Å². The van der Waals surface area contributed by atoms with Gasteiger partial charge in [0, 0.05) is 6.54 Å². The van der Waals surface area contributed by atoms with E-state index < -0.39 is 15.6 Å². The van der Waals surface area contributed by atoms with Gasteiger partial charge in [0.15, 0.2) is 0 Å². The Bertz CT molecular complexity index is 742. The molecule has 124 valence electrons. The van der Waals surface area contributed by atoms with Crippen molar-refractivity contribution < 1.29 is 18.3 Å². The van der Waals surface area contributed by atoms with Crippen LogP contribution in [-0.2, 0) is 15.6 Å². The summed E-state index contributed by atoms with van der Waals surface area (Å²) in [5.41, 5.74) is -0.671. The van der Waals surface area contributed by atoms with E-state index in [4.69, 9.17) is 4.74 Å². The maximum Gasteiger partial charge on any atom is 0.244 e. The molecule has 1 atom stereocenters. The fraction of sp³-hybridized carbons (Fsp3) is 0.294. The maximum atomic E-state index is 12.5. The molecule has 2 aromatic rings. The van der Waals surface area contributed by atoms with Crippen LogP contribution in [0, 0.1) is 0 Å². The minimum Gasteiger partial charge on any atom is -0.492 e. The summed E-state index contributed by atoms with van der Waals surface area (Å²) in [4.78, 5) is 0.0608. The van der Waals surface area contributed by atoms with Crippen LogP contribution in [-0.4, -0.2) is 26.7 Å². The van der Waals surface area contributed by atoms with Gasteiger partial charge < -0.3 is 9.84 Å². The second kappa shape index (κ2) is 7.12. The first-order valence-corrected chi connectivity index (χ1v) is 8.84. The molecule has 2 aromatic carbocycles. The van der Waals surface area contributed by atoms with Crippen LogP contribution >= 0.6 is 0 Å². The van der Waals surface area contributed by atoms with Gasteiger partial charge in [-0.25, -0.2) is 13.1 Å². The van der Waals surface area contributed by atoms with Gasteiger partial charge in [0.1, 0.15) is 16.2 Å². The SMILES string of the molecule is CCOc1ccccc1S(=O)(=O)NCC(C)(O)c1ccccc1. The van der Waals surface area contributed by atoms with Crippen LogP contribution in [0.4, 0.5) is 0 Å². The maximum absolute atomic E-state index is 12.5. The molecule has 2 rings (SSSR count). The molecule has 6 heteroatoms. The molecule has 23 heavy (non-hydrogen) atoms. The highest BCUT2D eigenvalue weighted by Crippen LogP contribution is 2.25. The minimum absolute atomic E-state index is 0.0608. The Morgan fingerprint density at radius 1 is 1.09 bits per heavy atom. The van der Waals surface area contributed by atoms with Crippen molar-refractivity contribution in [3.8, 4) is 5.75 Å². The van der Waals surface area contributed by atoms with Gasteiger partial charge in [-0.2, -0.15) is 0 Å². The number of hydrogen-bond acceptors (Lipinski definition) is 4. The largest absolute Gasteiger partial charge is 0.492 e. The summed E-state index contributed by atoms with van der Waals surface area (Å²) in [6.45, 7) is 3.59. The Morgan fingerprint density at radius 3 is 2.35 bits per heavy atom. The molecule has 0 aromatic heterocycles.